The van der Waals surface area contributed by atoms with Crippen molar-refractivity contribution in [2.45, 2.75) is 57.1 Å². The van der Waals surface area contributed by atoms with Gasteiger partial charge >= 0.3 is 0 Å². The number of amides is 1. The van der Waals surface area contributed by atoms with Crippen LogP contribution in [0.1, 0.15) is 44.9 Å². The normalized spacial score (nSPS) is 34.8. The zero-order valence-corrected chi connectivity index (χ0v) is 14.8. The monoisotopic (exact) mass is 336 g/mol. The van der Waals surface area contributed by atoms with Crippen molar-refractivity contribution in [3.8, 4) is 0 Å². The fraction of sp³-hybridized carbons (Fsp3) is 0.947. The SMILES string of the molecule is O=C(CCOC1CCOCC1)N1CCN([C@@H]2C[C@H]3CC[C@@H]2C3)CC1. The fourth-order valence-electron chi connectivity index (χ4n) is 5.27. The van der Waals surface area contributed by atoms with Gasteiger partial charge in [-0.15, -0.1) is 0 Å². The number of rotatable bonds is 5. The van der Waals surface area contributed by atoms with Crippen LogP contribution in [0.5, 0.6) is 0 Å². The standard InChI is InChI=1S/C19H32N2O3/c22-19(5-12-24-17-3-10-23-11-4-17)21-8-6-20(7-9-21)18-14-15-1-2-16(18)13-15/h15-18H,1-14H2/t15-,16+,18+/m0/s1. The molecule has 0 N–H and O–H groups in total. The van der Waals surface area contributed by atoms with Gasteiger partial charge in [-0.05, 0) is 43.9 Å². The highest BCUT2D eigenvalue weighted by Crippen LogP contribution is 2.46. The lowest BCUT2D eigenvalue weighted by atomic mass is 9.93. The number of piperazine rings is 1. The van der Waals surface area contributed by atoms with Crippen LogP contribution >= 0.6 is 0 Å². The zero-order chi connectivity index (χ0) is 16.4. The van der Waals surface area contributed by atoms with Gasteiger partial charge in [0.1, 0.15) is 0 Å². The number of carbonyl (C=O) groups excluding carboxylic acids is 1. The van der Waals surface area contributed by atoms with Crippen LogP contribution in [0.4, 0.5) is 0 Å². The lowest BCUT2D eigenvalue weighted by Gasteiger charge is -2.41. The number of ether oxygens (including phenoxy) is 2. The molecule has 2 bridgehead atoms. The predicted molar refractivity (Wildman–Crippen MR) is 91.8 cm³/mol. The lowest BCUT2D eigenvalue weighted by Crippen LogP contribution is -2.53. The first-order valence-corrected chi connectivity index (χ1v) is 10.0. The molecule has 3 atom stereocenters. The molecule has 0 aromatic rings. The highest BCUT2D eigenvalue weighted by molar-refractivity contribution is 5.76. The Morgan fingerprint density at radius 2 is 1.79 bits per heavy atom. The van der Waals surface area contributed by atoms with Crippen LogP contribution in [0.3, 0.4) is 0 Å². The van der Waals surface area contributed by atoms with E-state index < -0.39 is 0 Å². The van der Waals surface area contributed by atoms with Crippen LogP contribution in [0, 0.1) is 11.8 Å². The predicted octanol–water partition coefficient (Wildman–Crippen LogP) is 1.90. The van der Waals surface area contributed by atoms with Crippen molar-refractivity contribution < 1.29 is 14.3 Å². The number of nitrogens with zero attached hydrogens (tertiary/aromatic N) is 2. The summed E-state index contributed by atoms with van der Waals surface area (Å²) in [5.41, 5.74) is 0. The Labute approximate surface area is 145 Å². The second-order valence-electron chi connectivity index (χ2n) is 8.09. The molecule has 0 aromatic heterocycles. The van der Waals surface area contributed by atoms with Crippen LogP contribution in [0.2, 0.25) is 0 Å². The van der Waals surface area contributed by atoms with Crippen molar-refractivity contribution in [3.05, 3.63) is 0 Å². The van der Waals surface area contributed by atoms with Crippen LogP contribution in [0.25, 0.3) is 0 Å². The minimum Gasteiger partial charge on any atom is -0.381 e. The summed E-state index contributed by atoms with van der Waals surface area (Å²) < 4.78 is 11.2. The quantitative estimate of drug-likeness (QED) is 0.769. The summed E-state index contributed by atoms with van der Waals surface area (Å²) in [5, 5.41) is 0. The Hall–Kier alpha value is -0.650. The summed E-state index contributed by atoms with van der Waals surface area (Å²) >= 11 is 0. The summed E-state index contributed by atoms with van der Waals surface area (Å²) in [6.45, 7) is 6.11. The number of hydrogen-bond acceptors (Lipinski definition) is 4. The van der Waals surface area contributed by atoms with E-state index in [-0.39, 0.29) is 5.91 Å². The molecule has 24 heavy (non-hydrogen) atoms. The van der Waals surface area contributed by atoms with Crippen LogP contribution in [-0.4, -0.2) is 73.9 Å². The fourth-order valence-corrected chi connectivity index (χ4v) is 5.27. The van der Waals surface area contributed by atoms with Crippen LogP contribution in [0.15, 0.2) is 0 Å². The zero-order valence-electron chi connectivity index (χ0n) is 14.8. The molecule has 136 valence electrons. The molecule has 0 aromatic carbocycles. The van der Waals surface area contributed by atoms with E-state index in [9.17, 15) is 4.79 Å². The van der Waals surface area contributed by atoms with E-state index in [1.165, 1.54) is 25.7 Å². The number of fused-ring (bicyclic) bond motifs is 2. The van der Waals surface area contributed by atoms with Crippen molar-refractivity contribution in [1.29, 1.82) is 0 Å². The average molecular weight is 336 g/mol. The van der Waals surface area contributed by atoms with Gasteiger partial charge in [-0.2, -0.15) is 0 Å². The van der Waals surface area contributed by atoms with E-state index in [1.807, 2.05) is 0 Å². The molecule has 0 unspecified atom stereocenters. The molecule has 2 heterocycles. The molecule has 2 aliphatic carbocycles. The molecule has 5 nitrogen and oxygen atoms in total. The Balaban J connectivity index is 1.15. The maximum absolute atomic E-state index is 12.4. The van der Waals surface area contributed by atoms with Crippen molar-refractivity contribution in [2.75, 3.05) is 46.0 Å². The topological polar surface area (TPSA) is 42.0 Å². The molecule has 4 rings (SSSR count). The van der Waals surface area contributed by atoms with E-state index in [2.05, 4.69) is 9.80 Å². The molecule has 2 saturated carbocycles. The van der Waals surface area contributed by atoms with Crippen molar-refractivity contribution in [1.82, 2.24) is 9.80 Å². The van der Waals surface area contributed by atoms with Crippen LogP contribution < -0.4 is 0 Å². The second kappa shape index (κ2) is 7.71. The lowest BCUT2D eigenvalue weighted by molar-refractivity contribution is -0.135. The minimum atomic E-state index is 0.273. The van der Waals surface area contributed by atoms with E-state index in [1.54, 1.807) is 0 Å². The first-order chi connectivity index (χ1) is 11.8. The van der Waals surface area contributed by atoms with Gasteiger partial charge in [-0.25, -0.2) is 0 Å². The highest BCUT2D eigenvalue weighted by Gasteiger charge is 2.42. The van der Waals surface area contributed by atoms with Gasteiger partial charge in [-0.3, -0.25) is 9.69 Å². The molecule has 0 spiro atoms. The largest absolute Gasteiger partial charge is 0.381 e. The van der Waals surface area contributed by atoms with Crippen molar-refractivity contribution >= 4 is 5.91 Å². The second-order valence-corrected chi connectivity index (χ2v) is 8.09. The molecule has 1 amide bonds. The molecular formula is C19H32N2O3. The van der Waals surface area contributed by atoms with Crippen LogP contribution in [-0.2, 0) is 14.3 Å². The van der Waals surface area contributed by atoms with Gasteiger partial charge in [0.05, 0.1) is 19.1 Å². The third-order valence-corrected chi connectivity index (χ3v) is 6.67. The summed E-state index contributed by atoms with van der Waals surface area (Å²) in [7, 11) is 0. The molecule has 4 aliphatic rings. The van der Waals surface area contributed by atoms with Crippen molar-refractivity contribution in [3.63, 3.8) is 0 Å². The summed E-state index contributed by atoms with van der Waals surface area (Å²) in [6, 6.07) is 0.817. The molecule has 0 radical (unpaired) electrons. The van der Waals surface area contributed by atoms with E-state index in [0.29, 0.717) is 19.1 Å². The van der Waals surface area contributed by atoms with Gasteiger partial charge in [0.15, 0.2) is 0 Å². The van der Waals surface area contributed by atoms with Gasteiger partial charge in [0.2, 0.25) is 5.91 Å². The van der Waals surface area contributed by atoms with E-state index >= 15 is 0 Å². The number of carbonyl (C=O) groups is 1. The Morgan fingerprint density at radius 1 is 1.00 bits per heavy atom. The molecular weight excluding hydrogens is 304 g/mol. The van der Waals surface area contributed by atoms with Crippen molar-refractivity contribution in [2.24, 2.45) is 11.8 Å². The maximum atomic E-state index is 12.4. The summed E-state index contributed by atoms with van der Waals surface area (Å²) in [6.07, 6.45) is 8.55. The summed E-state index contributed by atoms with van der Waals surface area (Å²) in [4.78, 5) is 17.1. The first-order valence-electron chi connectivity index (χ1n) is 10.0. The van der Waals surface area contributed by atoms with E-state index in [0.717, 1.165) is 70.1 Å². The number of hydrogen-bond donors (Lipinski definition) is 0. The molecule has 2 aliphatic heterocycles. The third kappa shape index (κ3) is 3.78. The Kier molecular flexibility index (Phi) is 5.40. The van der Waals surface area contributed by atoms with Gasteiger partial charge in [-0.1, -0.05) is 6.42 Å². The van der Waals surface area contributed by atoms with E-state index in [4.69, 9.17) is 9.47 Å². The smallest absolute Gasteiger partial charge is 0.224 e. The molecule has 2 saturated heterocycles. The minimum absolute atomic E-state index is 0.273. The Morgan fingerprint density at radius 3 is 2.46 bits per heavy atom. The third-order valence-electron chi connectivity index (χ3n) is 6.67. The van der Waals surface area contributed by atoms with Gasteiger partial charge < -0.3 is 14.4 Å². The highest BCUT2D eigenvalue weighted by atomic mass is 16.5. The van der Waals surface area contributed by atoms with Gasteiger partial charge in [0, 0.05) is 45.4 Å². The average Bonchev–Trinajstić information content (AvgIpc) is 3.26. The molecule has 4 fully saturated rings. The maximum Gasteiger partial charge on any atom is 0.224 e. The van der Waals surface area contributed by atoms with Gasteiger partial charge in [0.25, 0.3) is 0 Å². The Bertz CT molecular complexity index is 430. The summed E-state index contributed by atoms with van der Waals surface area (Å²) in [5.74, 6) is 2.22. The first kappa shape index (κ1) is 16.8. The molecule has 5 heteroatoms.